The third-order valence-corrected chi connectivity index (χ3v) is 6.33. The van der Waals surface area contributed by atoms with Gasteiger partial charge < -0.3 is 14.7 Å². The summed E-state index contributed by atoms with van der Waals surface area (Å²) in [6, 6.07) is 19.5. The molecule has 0 spiro atoms. The van der Waals surface area contributed by atoms with Gasteiger partial charge in [0, 0.05) is 34.4 Å². The van der Waals surface area contributed by atoms with Crippen LogP contribution in [0.4, 0.5) is 0 Å². The Bertz CT molecular complexity index is 1120. The van der Waals surface area contributed by atoms with Gasteiger partial charge in [-0.05, 0) is 66.9 Å². The van der Waals surface area contributed by atoms with Crippen LogP contribution in [-0.4, -0.2) is 41.4 Å². The summed E-state index contributed by atoms with van der Waals surface area (Å²) in [6.45, 7) is 5.20. The molecule has 0 unspecified atom stereocenters. The lowest BCUT2D eigenvalue weighted by Gasteiger charge is -2.27. The van der Waals surface area contributed by atoms with E-state index >= 15 is 0 Å². The van der Waals surface area contributed by atoms with Crippen LogP contribution in [-0.2, 0) is 17.8 Å². The Labute approximate surface area is 211 Å². The van der Waals surface area contributed by atoms with Crippen LogP contribution in [0.1, 0.15) is 36.5 Å². The molecule has 0 bridgehead atoms. The second-order valence-corrected chi connectivity index (χ2v) is 10.4. The van der Waals surface area contributed by atoms with Gasteiger partial charge in [-0.3, -0.25) is 4.79 Å². The number of ether oxygens (including phenoxy) is 1. The van der Waals surface area contributed by atoms with Crippen LogP contribution in [0.3, 0.4) is 0 Å². The predicted octanol–water partition coefficient (Wildman–Crippen LogP) is 6.31. The smallest absolute Gasteiger partial charge is 0.311 e. The third kappa shape index (κ3) is 7.19. The highest BCUT2D eigenvalue weighted by Crippen LogP contribution is 2.32. The standard InChI is InChI=1S/C26H30N2O4S.ClH/c1-26(2,33-27-31)17-28(3)16-21-14-20(13-19-10-11-22(32-4)15-23(19)21)24(25(29)30)12-18-8-6-5-7-9-18;/h5-11,13-15,24H,12,16-17H2,1-4H3,(H,29,30);1H/t24-;/m0./s1. The van der Waals surface area contributed by atoms with Gasteiger partial charge in [-0.1, -0.05) is 48.5 Å². The normalized spacial score (nSPS) is 12.3. The summed E-state index contributed by atoms with van der Waals surface area (Å²) in [5, 5.41) is 12.0. The zero-order chi connectivity index (χ0) is 24.0. The van der Waals surface area contributed by atoms with Crippen molar-refractivity contribution in [2.45, 2.75) is 37.5 Å². The Balaban J connectivity index is 0.00000408. The van der Waals surface area contributed by atoms with Gasteiger partial charge in [-0.25, -0.2) is 0 Å². The average molecular weight is 503 g/mol. The molecule has 0 aliphatic carbocycles. The fourth-order valence-corrected chi connectivity index (χ4v) is 4.70. The van der Waals surface area contributed by atoms with E-state index in [1.807, 2.05) is 81.6 Å². The summed E-state index contributed by atoms with van der Waals surface area (Å²) in [5.74, 6) is -0.755. The summed E-state index contributed by atoms with van der Waals surface area (Å²) < 4.78 is 8.09. The van der Waals surface area contributed by atoms with E-state index in [1.54, 1.807) is 7.11 Å². The molecule has 0 radical (unpaired) electrons. The fraction of sp³-hybridized carbons (Fsp3) is 0.346. The Kier molecular flexibility index (Phi) is 9.91. The monoisotopic (exact) mass is 502 g/mol. The van der Waals surface area contributed by atoms with Gasteiger partial charge in [0.2, 0.25) is 0 Å². The van der Waals surface area contributed by atoms with Crippen molar-refractivity contribution in [1.82, 2.24) is 4.90 Å². The summed E-state index contributed by atoms with van der Waals surface area (Å²) in [5.41, 5.74) is 2.78. The highest BCUT2D eigenvalue weighted by Gasteiger charge is 2.24. The van der Waals surface area contributed by atoms with Crippen molar-refractivity contribution >= 4 is 41.1 Å². The molecule has 0 aliphatic heterocycles. The van der Waals surface area contributed by atoms with Crippen molar-refractivity contribution < 1.29 is 14.6 Å². The van der Waals surface area contributed by atoms with Crippen molar-refractivity contribution in [2.75, 3.05) is 20.7 Å². The van der Waals surface area contributed by atoms with Crippen molar-refractivity contribution in [3.63, 3.8) is 0 Å². The number of methoxy groups -OCH3 is 1. The molecule has 182 valence electrons. The topological polar surface area (TPSA) is 79.2 Å². The Morgan fingerprint density at radius 2 is 1.85 bits per heavy atom. The van der Waals surface area contributed by atoms with E-state index in [0.29, 0.717) is 19.5 Å². The number of aliphatic carboxylic acids is 1. The third-order valence-electron chi connectivity index (χ3n) is 5.63. The van der Waals surface area contributed by atoms with Crippen LogP contribution in [0.2, 0.25) is 0 Å². The van der Waals surface area contributed by atoms with E-state index in [-0.39, 0.29) is 17.2 Å². The minimum Gasteiger partial charge on any atom is -0.497 e. The Hall–Kier alpha value is -2.61. The molecule has 3 rings (SSSR count). The van der Waals surface area contributed by atoms with Gasteiger partial charge in [0.05, 0.1) is 13.0 Å². The molecule has 1 atom stereocenters. The second kappa shape index (κ2) is 12.2. The van der Waals surface area contributed by atoms with Crippen molar-refractivity contribution in [3.05, 3.63) is 82.3 Å². The minimum absolute atomic E-state index is 0. The van der Waals surface area contributed by atoms with Crippen LogP contribution in [0.15, 0.2) is 65.2 Å². The number of carboxylic acid groups (broad SMARTS) is 1. The number of hydrogen-bond donors (Lipinski definition) is 1. The molecular formula is C26H31ClN2O4S. The number of carboxylic acids is 1. The van der Waals surface area contributed by atoms with Gasteiger partial charge >= 0.3 is 5.97 Å². The molecule has 0 saturated heterocycles. The molecule has 3 aromatic carbocycles. The van der Waals surface area contributed by atoms with E-state index in [9.17, 15) is 14.8 Å². The maximum atomic E-state index is 12.3. The molecule has 0 fully saturated rings. The van der Waals surface area contributed by atoms with E-state index in [1.165, 1.54) is 0 Å². The van der Waals surface area contributed by atoms with Gasteiger partial charge in [0.15, 0.2) is 0 Å². The lowest BCUT2D eigenvalue weighted by molar-refractivity contribution is -0.138. The average Bonchev–Trinajstić information content (AvgIpc) is 2.77. The summed E-state index contributed by atoms with van der Waals surface area (Å²) in [6.07, 6.45) is 0.418. The first-order valence-corrected chi connectivity index (χ1v) is 11.6. The highest BCUT2D eigenvalue weighted by atomic mass is 35.5. The molecule has 0 aromatic heterocycles. The zero-order valence-electron chi connectivity index (χ0n) is 19.9. The van der Waals surface area contributed by atoms with E-state index in [0.717, 1.165) is 45.2 Å². The molecule has 3 aromatic rings. The quantitative estimate of drug-likeness (QED) is 0.244. The second-order valence-electron chi connectivity index (χ2n) is 8.95. The molecule has 34 heavy (non-hydrogen) atoms. The zero-order valence-corrected chi connectivity index (χ0v) is 21.5. The molecule has 0 aliphatic rings. The Morgan fingerprint density at radius 1 is 1.15 bits per heavy atom. The molecule has 1 N–H and O–H groups in total. The fourth-order valence-electron chi connectivity index (χ4n) is 4.22. The largest absolute Gasteiger partial charge is 0.497 e. The van der Waals surface area contributed by atoms with Crippen LogP contribution in [0.25, 0.3) is 10.8 Å². The number of halogens is 1. The number of fused-ring (bicyclic) bond motifs is 1. The van der Waals surface area contributed by atoms with E-state index in [4.69, 9.17) is 4.74 Å². The first kappa shape index (κ1) is 27.6. The summed E-state index contributed by atoms with van der Waals surface area (Å²) >= 11 is 1.03. The first-order valence-electron chi connectivity index (χ1n) is 10.8. The lowest BCUT2D eigenvalue weighted by Crippen LogP contribution is -2.33. The summed E-state index contributed by atoms with van der Waals surface area (Å²) in [7, 11) is 3.62. The van der Waals surface area contributed by atoms with E-state index < -0.39 is 11.9 Å². The lowest BCUT2D eigenvalue weighted by atomic mass is 9.88. The number of hydrogen-bond acceptors (Lipinski definition) is 6. The van der Waals surface area contributed by atoms with Gasteiger partial charge in [0.25, 0.3) is 0 Å². The van der Waals surface area contributed by atoms with Crippen LogP contribution in [0, 0.1) is 4.91 Å². The predicted molar refractivity (Wildman–Crippen MR) is 142 cm³/mol. The molecule has 0 heterocycles. The van der Waals surface area contributed by atoms with Crippen LogP contribution in [0.5, 0.6) is 5.75 Å². The van der Waals surface area contributed by atoms with Gasteiger partial charge in [-0.2, -0.15) is 0 Å². The number of nitroso groups, excluding NO2 is 1. The van der Waals surface area contributed by atoms with Crippen molar-refractivity contribution in [3.8, 4) is 5.75 Å². The molecule has 0 amide bonds. The molecular weight excluding hydrogens is 472 g/mol. The number of rotatable bonds is 11. The number of benzene rings is 3. The number of nitrogens with zero attached hydrogens (tertiary/aromatic N) is 2. The maximum absolute atomic E-state index is 12.3. The number of carbonyl (C=O) groups is 1. The van der Waals surface area contributed by atoms with Gasteiger partial charge in [0.1, 0.15) is 5.75 Å². The minimum atomic E-state index is -0.847. The van der Waals surface area contributed by atoms with E-state index in [2.05, 4.69) is 9.48 Å². The maximum Gasteiger partial charge on any atom is 0.311 e. The van der Waals surface area contributed by atoms with Crippen molar-refractivity contribution in [1.29, 1.82) is 0 Å². The SMILES string of the molecule is COc1ccc2cc([C@H](Cc3ccccc3)C(=O)O)cc(CN(C)CC(C)(C)SN=O)c2c1.Cl. The van der Waals surface area contributed by atoms with Crippen molar-refractivity contribution in [2.24, 2.45) is 4.58 Å². The first-order chi connectivity index (χ1) is 15.7. The van der Waals surface area contributed by atoms with Crippen LogP contribution < -0.4 is 4.74 Å². The highest BCUT2D eigenvalue weighted by molar-refractivity contribution is 7.99. The molecule has 0 saturated carbocycles. The van der Waals surface area contributed by atoms with Gasteiger partial charge in [-0.15, -0.1) is 17.3 Å². The van der Waals surface area contributed by atoms with Crippen LogP contribution >= 0.6 is 24.4 Å². The summed E-state index contributed by atoms with van der Waals surface area (Å²) in [4.78, 5) is 25.2. The molecule has 6 nitrogen and oxygen atoms in total. The molecule has 8 heteroatoms. The Morgan fingerprint density at radius 3 is 2.47 bits per heavy atom.